The second-order valence-corrected chi connectivity index (χ2v) is 6.53. The molecule has 3 rings (SSSR count). The lowest BCUT2D eigenvalue weighted by Gasteiger charge is -2.31. The van der Waals surface area contributed by atoms with Gasteiger partial charge in [0.2, 0.25) is 0 Å². The highest BCUT2D eigenvalue weighted by atomic mass is 79.9. The molecule has 2 aromatic rings. The summed E-state index contributed by atoms with van der Waals surface area (Å²) in [5.74, 6) is 7.25. The van der Waals surface area contributed by atoms with E-state index in [0.29, 0.717) is 6.61 Å². The minimum Gasteiger partial charge on any atom is -0.486 e. The number of rotatable bonds is 4. The van der Waals surface area contributed by atoms with Gasteiger partial charge in [0.05, 0.1) is 6.04 Å². The van der Waals surface area contributed by atoms with Crippen molar-refractivity contribution < 1.29 is 9.47 Å². The molecule has 0 saturated carbocycles. The summed E-state index contributed by atoms with van der Waals surface area (Å²) in [5, 5.41) is 2.07. The molecule has 6 heteroatoms. The Labute approximate surface area is 130 Å². The Morgan fingerprint density at radius 2 is 2.20 bits per heavy atom. The number of nitrogens with one attached hydrogen (secondary N) is 1. The largest absolute Gasteiger partial charge is 0.486 e. The molecule has 0 bridgehead atoms. The predicted octanol–water partition coefficient (Wildman–Crippen LogP) is 2.73. The lowest BCUT2D eigenvalue weighted by atomic mass is 10.1. The van der Waals surface area contributed by atoms with Gasteiger partial charge in [0.15, 0.2) is 11.5 Å². The first-order chi connectivity index (χ1) is 9.76. The van der Waals surface area contributed by atoms with Crippen LogP contribution < -0.4 is 20.7 Å². The predicted molar refractivity (Wildman–Crippen MR) is 83.2 cm³/mol. The number of para-hydroxylation sites is 2. The minimum absolute atomic E-state index is 0.00825. The number of benzene rings is 1. The van der Waals surface area contributed by atoms with E-state index in [1.807, 2.05) is 24.3 Å². The summed E-state index contributed by atoms with van der Waals surface area (Å²) in [6.07, 6.45) is 0.707. The van der Waals surface area contributed by atoms with Crippen LogP contribution in [-0.4, -0.2) is 18.8 Å². The zero-order chi connectivity index (χ0) is 13.9. The molecule has 0 radical (unpaired) electrons. The average Bonchev–Trinajstić information content (AvgIpc) is 2.89. The summed E-state index contributed by atoms with van der Waals surface area (Å²) in [6, 6.07) is 9.81. The Hall–Kier alpha value is -1.08. The van der Waals surface area contributed by atoms with Crippen molar-refractivity contribution >= 4 is 27.3 Å². The second-order valence-electron chi connectivity index (χ2n) is 4.62. The number of hydrazine groups is 1. The van der Waals surface area contributed by atoms with Gasteiger partial charge in [-0.15, -0.1) is 11.3 Å². The number of nitrogens with two attached hydrogens (primary N) is 1. The number of hydrogen-bond donors (Lipinski definition) is 2. The van der Waals surface area contributed by atoms with Gasteiger partial charge in [0, 0.05) is 21.2 Å². The van der Waals surface area contributed by atoms with E-state index in [9.17, 15) is 0 Å². The van der Waals surface area contributed by atoms with Crippen LogP contribution in [0.5, 0.6) is 11.5 Å². The van der Waals surface area contributed by atoms with Crippen LogP contribution in [0.25, 0.3) is 0 Å². The number of ether oxygens (including phenoxy) is 2. The maximum atomic E-state index is 5.99. The smallest absolute Gasteiger partial charge is 0.161 e. The summed E-state index contributed by atoms with van der Waals surface area (Å²) in [4.78, 5) is 1.25. The Morgan fingerprint density at radius 3 is 2.90 bits per heavy atom. The molecular weight excluding hydrogens is 340 g/mol. The molecule has 1 aromatic heterocycles. The fourth-order valence-electron chi connectivity index (χ4n) is 2.21. The molecule has 2 unspecified atom stereocenters. The van der Waals surface area contributed by atoms with Gasteiger partial charge in [-0.3, -0.25) is 11.3 Å². The lowest BCUT2D eigenvalue weighted by molar-refractivity contribution is 0.0622. The summed E-state index contributed by atoms with van der Waals surface area (Å²) in [5.41, 5.74) is 2.85. The molecule has 1 aromatic carbocycles. The van der Waals surface area contributed by atoms with Gasteiger partial charge in [-0.25, -0.2) is 0 Å². The number of halogens is 1. The van der Waals surface area contributed by atoms with Crippen molar-refractivity contribution in [1.29, 1.82) is 0 Å². The molecule has 0 saturated heterocycles. The Balaban J connectivity index is 1.71. The highest BCUT2D eigenvalue weighted by Gasteiger charge is 2.28. The Kier molecular flexibility index (Phi) is 4.26. The topological polar surface area (TPSA) is 56.5 Å². The summed E-state index contributed by atoms with van der Waals surface area (Å²) in [7, 11) is 0. The molecule has 0 amide bonds. The van der Waals surface area contributed by atoms with Crippen LogP contribution in [0.4, 0.5) is 0 Å². The molecule has 1 aliphatic heterocycles. The van der Waals surface area contributed by atoms with Gasteiger partial charge >= 0.3 is 0 Å². The van der Waals surface area contributed by atoms with E-state index < -0.39 is 0 Å². The molecule has 0 fully saturated rings. The van der Waals surface area contributed by atoms with Gasteiger partial charge in [-0.2, -0.15) is 0 Å². The quantitative estimate of drug-likeness (QED) is 0.654. The SMILES string of the molecule is NNC(Cc1cc(Br)cs1)C1COc2ccccc2O1. The van der Waals surface area contributed by atoms with Crippen LogP contribution in [0.15, 0.2) is 40.2 Å². The average molecular weight is 355 g/mol. The standard InChI is InChI=1S/C14H15BrN2O2S/c15-9-5-10(20-8-9)6-11(17-16)14-7-18-12-3-1-2-4-13(12)19-14/h1-5,8,11,14,17H,6-7,16H2. The van der Waals surface area contributed by atoms with Crippen LogP contribution in [0.2, 0.25) is 0 Å². The first-order valence-electron chi connectivity index (χ1n) is 6.34. The summed E-state index contributed by atoms with van der Waals surface area (Å²) >= 11 is 5.17. The van der Waals surface area contributed by atoms with Crippen molar-refractivity contribution in [2.24, 2.45) is 5.84 Å². The summed E-state index contributed by atoms with van der Waals surface area (Å²) < 4.78 is 12.8. The van der Waals surface area contributed by atoms with Gasteiger partial charge in [-0.1, -0.05) is 12.1 Å². The van der Waals surface area contributed by atoms with Gasteiger partial charge < -0.3 is 9.47 Å². The molecule has 106 valence electrons. The second kappa shape index (κ2) is 6.13. The van der Waals surface area contributed by atoms with Crippen LogP contribution in [-0.2, 0) is 6.42 Å². The zero-order valence-corrected chi connectivity index (χ0v) is 13.1. The molecule has 20 heavy (non-hydrogen) atoms. The number of fused-ring (bicyclic) bond motifs is 1. The van der Waals surface area contributed by atoms with Crippen molar-refractivity contribution in [2.75, 3.05) is 6.61 Å². The molecule has 2 atom stereocenters. The number of thiophene rings is 1. The third kappa shape index (κ3) is 2.98. The van der Waals surface area contributed by atoms with E-state index in [4.69, 9.17) is 15.3 Å². The first kappa shape index (κ1) is 13.9. The Bertz CT molecular complexity index is 590. The monoisotopic (exact) mass is 354 g/mol. The zero-order valence-electron chi connectivity index (χ0n) is 10.7. The van der Waals surface area contributed by atoms with E-state index in [2.05, 4.69) is 32.8 Å². The molecule has 1 aliphatic rings. The highest BCUT2D eigenvalue weighted by molar-refractivity contribution is 9.10. The van der Waals surface area contributed by atoms with E-state index in [-0.39, 0.29) is 12.1 Å². The lowest BCUT2D eigenvalue weighted by Crippen LogP contribution is -2.51. The van der Waals surface area contributed by atoms with Gasteiger partial charge in [-0.05, 0) is 34.1 Å². The van der Waals surface area contributed by atoms with E-state index in [1.54, 1.807) is 11.3 Å². The van der Waals surface area contributed by atoms with Crippen LogP contribution in [0, 0.1) is 0 Å². The first-order valence-corrected chi connectivity index (χ1v) is 8.01. The van der Waals surface area contributed by atoms with Gasteiger partial charge in [0.25, 0.3) is 0 Å². The fraction of sp³-hybridized carbons (Fsp3) is 0.286. The van der Waals surface area contributed by atoms with Crippen molar-refractivity contribution in [3.05, 3.63) is 45.1 Å². The van der Waals surface area contributed by atoms with E-state index >= 15 is 0 Å². The maximum Gasteiger partial charge on any atom is 0.161 e. The molecule has 0 spiro atoms. The van der Waals surface area contributed by atoms with Crippen molar-refractivity contribution in [1.82, 2.24) is 5.43 Å². The van der Waals surface area contributed by atoms with Gasteiger partial charge in [0.1, 0.15) is 12.7 Å². The van der Waals surface area contributed by atoms with Crippen molar-refractivity contribution in [3.8, 4) is 11.5 Å². The molecule has 2 heterocycles. The van der Waals surface area contributed by atoms with E-state index in [0.717, 1.165) is 22.4 Å². The maximum absolute atomic E-state index is 5.99. The highest BCUT2D eigenvalue weighted by Crippen LogP contribution is 2.32. The Morgan fingerprint density at radius 1 is 1.40 bits per heavy atom. The molecule has 4 nitrogen and oxygen atoms in total. The third-order valence-corrected chi connectivity index (χ3v) is 4.96. The normalized spacial score (nSPS) is 18.8. The molecule has 0 aliphatic carbocycles. The molecular formula is C14H15BrN2O2S. The molecule has 3 N–H and O–H groups in total. The van der Waals surface area contributed by atoms with Crippen LogP contribution in [0.1, 0.15) is 4.88 Å². The minimum atomic E-state index is -0.101. The van der Waals surface area contributed by atoms with Crippen molar-refractivity contribution in [3.63, 3.8) is 0 Å². The fourth-order valence-corrected chi connectivity index (χ4v) is 3.72. The number of hydrogen-bond acceptors (Lipinski definition) is 5. The van der Waals surface area contributed by atoms with Crippen molar-refractivity contribution in [2.45, 2.75) is 18.6 Å². The third-order valence-electron chi connectivity index (χ3n) is 3.24. The van der Waals surface area contributed by atoms with E-state index in [1.165, 1.54) is 4.88 Å². The summed E-state index contributed by atoms with van der Waals surface area (Å²) in [6.45, 7) is 0.498. The van der Waals surface area contributed by atoms with Crippen LogP contribution in [0.3, 0.4) is 0 Å². The van der Waals surface area contributed by atoms with Crippen LogP contribution >= 0.6 is 27.3 Å².